The molecule has 0 spiro atoms. The van der Waals surface area contributed by atoms with Crippen LogP contribution in [0.2, 0.25) is 10.0 Å². The summed E-state index contributed by atoms with van der Waals surface area (Å²) in [6.45, 7) is 1.60. The molecule has 4 rings (SSSR count). The van der Waals surface area contributed by atoms with Crippen LogP contribution in [0.25, 0.3) is 0 Å². The average Bonchev–Trinajstić information content (AvgIpc) is 3.04. The van der Waals surface area contributed by atoms with Crippen LogP contribution in [0.1, 0.15) is 36.5 Å². The lowest BCUT2D eigenvalue weighted by molar-refractivity contribution is -0.122. The predicted octanol–water partition coefficient (Wildman–Crippen LogP) is 4.71. The van der Waals surface area contributed by atoms with Gasteiger partial charge >= 0.3 is 5.97 Å². The Morgan fingerprint density at radius 1 is 1.00 bits per heavy atom. The van der Waals surface area contributed by atoms with Crippen molar-refractivity contribution in [3.05, 3.63) is 58.1 Å². The first-order chi connectivity index (χ1) is 15.7. The highest BCUT2D eigenvalue weighted by atomic mass is 35.5. The van der Waals surface area contributed by atoms with E-state index < -0.39 is 18.5 Å². The highest BCUT2D eigenvalue weighted by molar-refractivity contribution is 6.42. The number of esters is 1. The molecule has 1 aliphatic heterocycles. The lowest BCUT2D eigenvalue weighted by atomic mass is 9.76. The normalized spacial score (nSPS) is 22.2. The van der Waals surface area contributed by atoms with Gasteiger partial charge in [0.2, 0.25) is 11.8 Å². The van der Waals surface area contributed by atoms with E-state index >= 15 is 0 Å². The molecule has 2 aromatic carbocycles. The quantitative estimate of drug-likeness (QED) is 0.485. The van der Waals surface area contributed by atoms with E-state index in [2.05, 4.69) is 12.2 Å². The zero-order valence-electron chi connectivity index (χ0n) is 17.8. The minimum absolute atomic E-state index is 0.175. The number of hydrogen-bond acceptors (Lipinski definition) is 5. The Balaban J connectivity index is 1.35. The van der Waals surface area contributed by atoms with Crippen LogP contribution >= 0.6 is 23.2 Å². The number of imide groups is 1. The maximum Gasteiger partial charge on any atom is 0.338 e. The van der Waals surface area contributed by atoms with E-state index in [4.69, 9.17) is 27.9 Å². The fourth-order valence-electron chi connectivity index (χ4n) is 4.38. The fraction of sp³-hybridized carbons (Fsp3) is 0.333. The van der Waals surface area contributed by atoms with Gasteiger partial charge in [-0.05, 0) is 67.6 Å². The minimum atomic E-state index is -0.701. The second kappa shape index (κ2) is 9.53. The molecule has 0 unspecified atom stereocenters. The third-order valence-electron chi connectivity index (χ3n) is 6.09. The molecule has 0 bridgehead atoms. The molecule has 172 valence electrons. The Kier molecular flexibility index (Phi) is 6.72. The summed E-state index contributed by atoms with van der Waals surface area (Å²) in [5, 5.41) is 3.20. The van der Waals surface area contributed by atoms with E-state index in [1.807, 2.05) is 0 Å². The van der Waals surface area contributed by atoms with Gasteiger partial charge in [-0.25, -0.2) is 4.79 Å². The number of anilines is 2. The van der Waals surface area contributed by atoms with Crippen molar-refractivity contribution in [2.45, 2.75) is 26.2 Å². The Bertz CT molecular complexity index is 1120. The zero-order valence-corrected chi connectivity index (χ0v) is 19.4. The van der Waals surface area contributed by atoms with Crippen LogP contribution < -0.4 is 10.2 Å². The molecule has 7 nitrogen and oxygen atoms in total. The lowest BCUT2D eigenvalue weighted by Crippen LogP contribution is -2.30. The zero-order chi connectivity index (χ0) is 23.7. The third kappa shape index (κ3) is 4.89. The van der Waals surface area contributed by atoms with Crippen molar-refractivity contribution in [1.82, 2.24) is 0 Å². The summed E-state index contributed by atoms with van der Waals surface area (Å²) in [5.41, 5.74) is 1.05. The lowest BCUT2D eigenvalue weighted by Gasteiger charge is -2.25. The molecule has 1 N–H and O–H groups in total. The predicted molar refractivity (Wildman–Crippen MR) is 124 cm³/mol. The van der Waals surface area contributed by atoms with Crippen LogP contribution in [-0.4, -0.2) is 30.3 Å². The van der Waals surface area contributed by atoms with Crippen molar-refractivity contribution in [2.24, 2.45) is 17.8 Å². The summed E-state index contributed by atoms with van der Waals surface area (Å²) < 4.78 is 5.06. The molecule has 9 heteroatoms. The van der Waals surface area contributed by atoms with Crippen LogP contribution in [-0.2, 0) is 19.1 Å². The topological polar surface area (TPSA) is 92.8 Å². The summed E-state index contributed by atoms with van der Waals surface area (Å²) in [5.74, 6) is -1.69. The van der Waals surface area contributed by atoms with Crippen molar-refractivity contribution >= 4 is 58.3 Å². The standard InChI is InChI=1S/C24H22Cl2N2O5/c1-13-2-8-17-18(10-13)23(31)28(22(17)30)16-6-3-14(4-7-16)24(32)33-12-21(29)27-15-5-9-19(25)20(26)11-15/h3-7,9,11,13,17-18H,2,8,10,12H2,1H3,(H,27,29)/t13-,17-,18+/m1/s1. The van der Waals surface area contributed by atoms with Crippen molar-refractivity contribution in [3.8, 4) is 0 Å². The first kappa shape index (κ1) is 23.3. The molecular weight excluding hydrogens is 467 g/mol. The highest BCUT2D eigenvalue weighted by Crippen LogP contribution is 2.42. The minimum Gasteiger partial charge on any atom is -0.452 e. The van der Waals surface area contributed by atoms with Gasteiger partial charge in [0.15, 0.2) is 6.61 Å². The molecule has 1 heterocycles. The maximum absolute atomic E-state index is 12.8. The van der Waals surface area contributed by atoms with Crippen LogP contribution in [0.5, 0.6) is 0 Å². The number of carbonyl (C=O) groups excluding carboxylic acids is 4. The van der Waals surface area contributed by atoms with Gasteiger partial charge in [0.25, 0.3) is 5.91 Å². The molecule has 3 amide bonds. The number of hydrogen-bond donors (Lipinski definition) is 1. The number of nitrogens with zero attached hydrogens (tertiary/aromatic N) is 1. The van der Waals surface area contributed by atoms with Crippen LogP contribution in [0, 0.1) is 17.8 Å². The molecular formula is C24H22Cl2N2O5. The summed E-state index contributed by atoms with van der Waals surface area (Å²) in [6, 6.07) is 10.6. The largest absolute Gasteiger partial charge is 0.452 e. The number of ether oxygens (including phenoxy) is 1. The molecule has 3 atom stereocenters. The first-order valence-electron chi connectivity index (χ1n) is 10.6. The van der Waals surface area contributed by atoms with Gasteiger partial charge in [0.1, 0.15) is 0 Å². The van der Waals surface area contributed by atoms with E-state index in [0.717, 1.165) is 19.3 Å². The number of carbonyl (C=O) groups is 4. The van der Waals surface area contributed by atoms with Gasteiger partial charge in [0.05, 0.1) is 33.1 Å². The number of benzene rings is 2. The Morgan fingerprint density at radius 3 is 2.39 bits per heavy atom. The molecule has 2 aliphatic rings. The van der Waals surface area contributed by atoms with E-state index in [9.17, 15) is 19.2 Å². The van der Waals surface area contributed by atoms with E-state index in [-0.39, 0.29) is 34.2 Å². The van der Waals surface area contributed by atoms with Crippen LogP contribution in [0.4, 0.5) is 11.4 Å². The molecule has 0 radical (unpaired) electrons. The number of rotatable bonds is 5. The van der Waals surface area contributed by atoms with Gasteiger partial charge in [0, 0.05) is 5.69 Å². The summed E-state index contributed by atoms with van der Waals surface area (Å²) in [4.78, 5) is 51.2. The molecule has 0 aromatic heterocycles. The smallest absolute Gasteiger partial charge is 0.338 e. The van der Waals surface area contributed by atoms with Gasteiger partial charge in [-0.1, -0.05) is 30.1 Å². The summed E-state index contributed by atoms with van der Waals surface area (Å²) in [7, 11) is 0. The maximum atomic E-state index is 12.8. The van der Waals surface area contributed by atoms with Crippen molar-refractivity contribution < 1.29 is 23.9 Å². The van der Waals surface area contributed by atoms with Gasteiger partial charge < -0.3 is 10.1 Å². The van der Waals surface area contributed by atoms with E-state index in [1.165, 1.54) is 23.1 Å². The van der Waals surface area contributed by atoms with Gasteiger partial charge in [-0.15, -0.1) is 0 Å². The fourth-order valence-corrected chi connectivity index (χ4v) is 4.67. The SMILES string of the molecule is C[C@@H]1CC[C@H]2C(=O)N(c3ccc(C(=O)OCC(=O)Nc4ccc(Cl)c(Cl)c4)cc3)C(=O)[C@H]2C1. The summed E-state index contributed by atoms with van der Waals surface area (Å²) >= 11 is 11.7. The van der Waals surface area contributed by atoms with Crippen LogP contribution in [0.3, 0.4) is 0 Å². The Morgan fingerprint density at radius 2 is 1.70 bits per heavy atom. The van der Waals surface area contributed by atoms with E-state index in [0.29, 0.717) is 22.3 Å². The highest BCUT2D eigenvalue weighted by Gasteiger charge is 2.49. The number of amides is 3. The van der Waals surface area contributed by atoms with Gasteiger partial charge in [-0.3, -0.25) is 19.3 Å². The second-order valence-electron chi connectivity index (χ2n) is 8.44. The van der Waals surface area contributed by atoms with Crippen LogP contribution in [0.15, 0.2) is 42.5 Å². The average molecular weight is 489 g/mol. The molecule has 1 aliphatic carbocycles. The first-order valence-corrected chi connectivity index (χ1v) is 11.4. The Labute approximate surface area is 201 Å². The monoisotopic (exact) mass is 488 g/mol. The van der Waals surface area contributed by atoms with E-state index in [1.54, 1.807) is 24.3 Å². The van der Waals surface area contributed by atoms with Crippen molar-refractivity contribution in [1.29, 1.82) is 0 Å². The van der Waals surface area contributed by atoms with Gasteiger partial charge in [-0.2, -0.15) is 0 Å². The Hall–Kier alpha value is -2.90. The second-order valence-corrected chi connectivity index (χ2v) is 9.26. The third-order valence-corrected chi connectivity index (χ3v) is 6.83. The molecule has 2 aromatic rings. The number of halogens is 2. The van der Waals surface area contributed by atoms with Crippen molar-refractivity contribution in [2.75, 3.05) is 16.8 Å². The summed E-state index contributed by atoms with van der Waals surface area (Å²) in [6.07, 6.45) is 2.39. The molecule has 33 heavy (non-hydrogen) atoms. The number of nitrogens with one attached hydrogen (secondary N) is 1. The molecule has 2 fully saturated rings. The molecule has 1 saturated carbocycles. The molecule has 1 saturated heterocycles. The van der Waals surface area contributed by atoms with Crippen molar-refractivity contribution in [3.63, 3.8) is 0 Å². The number of fused-ring (bicyclic) bond motifs is 1.